The van der Waals surface area contributed by atoms with E-state index in [4.69, 9.17) is 10.5 Å². The molecule has 1 rings (SSSR count). The molecule has 6 heteroatoms. The fraction of sp³-hybridized carbons (Fsp3) is 0.933. The van der Waals surface area contributed by atoms with Crippen LogP contribution in [0.5, 0.6) is 0 Å². The van der Waals surface area contributed by atoms with Crippen molar-refractivity contribution in [1.82, 2.24) is 10.2 Å². The van der Waals surface area contributed by atoms with Gasteiger partial charge in [-0.2, -0.15) is 0 Å². The lowest BCUT2D eigenvalue weighted by molar-refractivity contribution is -0.126. The number of nitrogens with two attached hydrogens (primary N) is 1. The number of halogens is 1. The van der Waals surface area contributed by atoms with E-state index in [1.807, 2.05) is 13.8 Å². The molecular weight excluding hydrogens is 290 g/mol. The molecule has 5 nitrogen and oxygen atoms in total. The molecule has 0 radical (unpaired) electrons. The van der Waals surface area contributed by atoms with Gasteiger partial charge in [-0.3, -0.25) is 9.69 Å². The summed E-state index contributed by atoms with van der Waals surface area (Å²) in [5.41, 5.74) is 5.30. The molecule has 2 atom stereocenters. The maximum Gasteiger partial charge on any atom is 0.239 e. The number of nitrogens with one attached hydrogen (secondary N) is 1. The number of hydrogen-bond donors (Lipinski definition) is 2. The van der Waals surface area contributed by atoms with E-state index in [2.05, 4.69) is 24.1 Å². The summed E-state index contributed by atoms with van der Waals surface area (Å²) in [6.07, 6.45) is 1.63. The molecule has 0 aliphatic carbocycles. The second kappa shape index (κ2) is 9.62. The zero-order valence-electron chi connectivity index (χ0n) is 13.9. The highest BCUT2D eigenvalue weighted by Crippen LogP contribution is 2.13. The molecule has 126 valence electrons. The Hall–Kier alpha value is -0.360. The third-order valence-corrected chi connectivity index (χ3v) is 4.04. The molecule has 2 unspecified atom stereocenters. The first-order valence-corrected chi connectivity index (χ1v) is 7.77. The number of ether oxygens (including phenoxy) is 1. The Morgan fingerprint density at radius 1 is 1.38 bits per heavy atom. The van der Waals surface area contributed by atoms with E-state index >= 15 is 0 Å². The molecule has 1 fully saturated rings. The van der Waals surface area contributed by atoms with Crippen LogP contribution >= 0.6 is 12.4 Å². The van der Waals surface area contributed by atoms with Crippen LogP contribution in [-0.2, 0) is 9.53 Å². The molecule has 1 saturated heterocycles. The van der Waals surface area contributed by atoms with E-state index in [9.17, 15) is 4.79 Å². The summed E-state index contributed by atoms with van der Waals surface area (Å²) in [5.74, 6) is 0.446. The minimum absolute atomic E-state index is 0. The summed E-state index contributed by atoms with van der Waals surface area (Å²) < 4.78 is 5.39. The van der Waals surface area contributed by atoms with Crippen LogP contribution in [0.1, 0.15) is 40.5 Å². The third-order valence-electron chi connectivity index (χ3n) is 4.04. The van der Waals surface area contributed by atoms with Crippen LogP contribution in [0.15, 0.2) is 0 Å². The molecule has 1 aliphatic rings. The van der Waals surface area contributed by atoms with E-state index < -0.39 is 5.54 Å². The van der Waals surface area contributed by atoms with Gasteiger partial charge in [-0.1, -0.05) is 27.2 Å². The van der Waals surface area contributed by atoms with Crippen molar-refractivity contribution in [3.8, 4) is 0 Å². The van der Waals surface area contributed by atoms with Crippen LogP contribution in [-0.4, -0.2) is 55.2 Å². The van der Waals surface area contributed by atoms with E-state index in [0.717, 1.165) is 32.7 Å². The van der Waals surface area contributed by atoms with Gasteiger partial charge in [0, 0.05) is 25.7 Å². The number of hydrogen-bond acceptors (Lipinski definition) is 4. The quantitative estimate of drug-likeness (QED) is 0.744. The van der Waals surface area contributed by atoms with Gasteiger partial charge in [0.1, 0.15) is 0 Å². The fourth-order valence-corrected chi connectivity index (χ4v) is 2.73. The van der Waals surface area contributed by atoms with E-state index in [1.54, 1.807) is 0 Å². The van der Waals surface area contributed by atoms with Gasteiger partial charge in [0.2, 0.25) is 5.91 Å². The van der Waals surface area contributed by atoms with Gasteiger partial charge in [-0.15, -0.1) is 12.4 Å². The van der Waals surface area contributed by atoms with Crippen LogP contribution in [0.3, 0.4) is 0 Å². The number of nitrogens with zero attached hydrogens (tertiary/aromatic N) is 1. The maximum absolute atomic E-state index is 12.2. The lowest BCUT2D eigenvalue weighted by Crippen LogP contribution is -2.56. The number of carbonyl (C=O) groups is 1. The molecule has 0 aromatic heterocycles. The molecule has 21 heavy (non-hydrogen) atoms. The molecule has 0 aromatic carbocycles. The Morgan fingerprint density at radius 2 is 1.95 bits per heavy atom. The molecule has 1 aliphatic heterocycles. The van der Waals surface area contributed by atoms with Crippen LogP contribution < -0.4 is 11.1 Å². The molecule has 0 saturated carbocycles. The summed E-state index contributed by atoms with van der Waals surface area (Å²) in [6, 6.07) is 0.347. The van der Waals surface area contributed by atoms with Crippen molar-refractivity contribution in [2.24, 2.45) is 11.7 Å². The van der Waals surface area contributed by atoms with Crippen molar-refractivity contribution in [2.75, 3.05) is 32.8 Å². The second-order valence-corrected chi connectivity index (χ2v) is 6.34. The molecule has 3 N–H and O–H groups in total. The highest BCUT2D eigenvalue weighted by atomic mass is 35.5. The summed E-state index contributed by atoms with van der Waals surface area (Å²) >= 11 is 0. The van der Waals surface area contributed by atoms with Gasteiger partial charge in [-0.05, 0) is 19.3 Å². The zero-order chi connectivity index (χ0) is 15.2. The highest BCUT2D eigenvalue weighted by molar-refractivity contribution is 5.85. The molecule has 0 bridgehead atoms. The monoisotopic (exact) mass is 321 g/mol. The molecule has 0 aromatic rings. The predicted molar refractivity (Wildman–Crippen MR) is 88.8 cm³/mol. The van der Waals surface area contributed by atoms with Crippen molar-refractivity contribution >= 4 is 18.3 Å². The molecule has 1 heterocycles. The lowest BCUT2D eigenvalue weighted by atomic mass is 9.95. The van der Waals surface area contributed by atoms with Crippen LogP contribution in [0, 0.1) is 5.92 Å². The van der Waals surface area contributed by atoms with Gasteiger partial charge in [0.25, 0.3) is 0 Å². The van der Waals surface area contributed by atoms with E-state index in [1.165, 1.54) is 0 Å². The topological polar surface area (TPSA) is 67.6 Å². The van der Waals surface area contributed by atoms with Gasteiger partial charge in [0.05, 0.1) is 18.8 Å². The minimum Gasteiger partial charge on any atom is -0.379 e. The number of amides is 1. The first kappa shape index (κ1) is 20.6. The van der Waals surface area contributed by atoms with Crippen LogP contribution in [0.25, 0.3) is 0 Å². The number of carbonyl (C=O) groups excluding carboxylic acids is 1. The van der Waals surface area contributed by atoms with Gasteiger partial charge in [0.15, 0.2) is 0 Å². The van der Waals surface area contributed by atoms with Crippen molar-refractivity contribution in [1.29, 1.82) is 0 Å². The Balaban J connectivity index is 0.00000400. The minimum atomic E-state index is -0.763. The van der Waals surface area contributed by atoms with Crippen molar-refractivity contribution in [3.05, 3.63) is 0 Å². The summed E-state index contributed by atoms with van der Waals surface area (Å²) in [5, 5.41) is 3.04. The van der Waals surface area contributed by atoms with E-state index in [-0.39, 0.29) is 18.3 Å². The Bertz CT molecular complexity index is 305. The highest BCUT2D eigenvalue weighted by Gasteiger charge is 2.29. The number of morpholine rings is 1. The summed E-state index contributed by atoms with van der Waals surface area (Å²) in [7, 11) is 0. The van der Waals surface area contributed by atoms with Crippen molar-refractivity contribution in [2.45, 2.75) is 52.1 Å². The molecular formula is C15H32ClN3O2. The third kappa shape index (κ3) is 6.51. The zero-order valence-corrected chi connectivity index (χ0v) is 14.7. The lowest BCUT2D eigenvalue weighted by Gasteiger charge is -2.37. The Morgan fingerprint density at radius 3 is 2.43 bits per heavy atom. The average Bonchev–Trinajstić information content (AvgIpc) is 2.39. The standard InChI is InChI=1S/C15H31N3O2.ClH/c1-5-6-15(4,16)14(19)17-11-13(12(2)3)18-7-9-20-10-8-18;/h12-13H,5-11,16H2,1-4H3,(H,17,19);1H. The SMILES string of the molecule is CCCC(C)(N)C(=O)NCC(C(C)C)N1CCOCC1.Cl. The Labute approximate surface area is 135 Å². The van der Waals surface area contributed by atoms with E-state index in [0.29, 0.717) is 24.9 Å². The van der Waals surface area contributed by atoms with Gasteiger partial charge in [-0.25, -0.2) is 0 Å². The molecule has 0 spiro atoms. The van der Waals surface area contributed by atoms with Crippen molar-refractivity contribution < 1.29 is 9.53 Å². The normalized spacial score (nSPS) is 20.5. The molecule has 1 amide bonds. The largest absolute Gasteiger partial charge is 0.379 e. The smallest absolute Gasteiger partial charge is 0.239 e. The first-order chi connectivity index (χ1) is 9.38. The van der Waals surface area contributed by atoms with Gasteiger partial charge < -0.3 is 15.8 Å². The first-order valence-electron chi connectivity index (χ1n) is 7.77. The average molecular weight is 322 g/mol. The summed E-state index contributed by atoms with van der Waals surface area (Å²) in [4.78, 5) is 14.6. The van der Waals surface area contributed by atoms with Crippen LogP contribution in [0.2, 0.25) is 0 Å². The number of rotatable bonds is 7. The summed E-state index contributed by atoms with van der Waals surface area (Å²) in [6.45, 7) is 12.3. The predicted octanol–water partition coefficient (Wildman–Crippen LogP) is 1.40. The second-order valence-electron chi connectivity index (χ2n) is 6.34. The fourth-order valence-electron chi connectivity index (χ4n) is 2.73. The Kier molecular flexibility index (Phi) is 9.45. The van der Waals surface area contributed by atoms with Gasteiger partial charge >= 0.3 is 0 Å². The van der Waals surface area contributed by atoms with Crippen molar-refractivity contribution in [3.63, 3.8) is 0 Å². The maximum atomic E-state index is 12.2. The van der Waals surface area contributed by atoms with Crippen LogP contribution in [0.4, 0.5) is 0 Å².